The maximum Gasteiger partial charge on any atom is 0.0206 e. The van der Waals surface area contributed by atoms with Crippen molar-refractivity contribution in [2.75, 3.05) is 0 Å². The molecule has 0 amide bonds. The van der Waals surface area contributed by atoms with Crippen molar-refractivity contribution in [1.82, 2.24) is 0 Å². The molecule has 72 heavy (non-hydrogen) atoms. The first kappa shape index (κ1) is 49.3. The van der Waals surface area contributed by atoms with Crippen molar-refractivity contribution in [3.05, 3.63) is 203 Å². The Balaban J connectivity index is 1.29. The van der Waals surface area contributed by atoms with E-state index in [9.17, 15) is 0 Å². The normalized spacial score (nSPS) is 24.9. The molecule has 3 aromatic carbocycles. The average molecular weight is 951 g/mol. The third-order valence-electron chi connectivity index (χ3n) is 18.3. The number of allylic oxidation sites excluding steroid dienone is 20. The molecule has 0 saturated heterocycles. The number of fused-ring (bicyclic) bond motifs is 7. The van der Waals surface area contributed by atoms with Crippen molar-refractivity contribution < 1.29 is 0 Å². The highest BCUT2D eigenvalue weighted by Crippen LogP contribution is 2.67. The van der Waals surface area contributed by atoms with E-state index in [2.05, 4.69) is 228 Å². The van der Waals surface area contributed by atoms with Gasteiger partial charge in [-0.1, -0.05) is 233 Å². The Labute approximate surface area is 436 Å². The molecular formula is C72H86. The second kappa shape index (κ2) is 16.3. The maximum atomic E-state index is 2.88. The van der Waals surface area contributed by atoms with Crippen molar-refractivity contribution in [2.24, 2.45) is 34.5 Å². The van der Waals surface area contributed by atoms with Crippen LogP contribution in [0.2, 0.25) is 0 Å². The van der Waals surface area contributed by atoms with Crippen LogP contribution in [0.1, 0.15) is 213 Å². The van der Waals surface area contributed by atoms with Gasteiger partial charge in [0.2, 0.25) is 0 Å². The van der Waals surface area contributed by atoms with Gasteiger partial charge in [-0.25, -0.2) is 0 Å². The summed E-state index contributed by atoms with van der Waals surface area (Å²) >= 11 is 0. The van der Waals surface area contributed by atoms with Gasteiger partial charge in [0.05, 0.1) is 0 Å². The van der Waals surface area contributed by atoms with Gasteiger partial charge in [0.1, 0.15) is 0 Å². The van der Waals surface area contributed by atoms with Crippen molar-refractivity contribution in [2.45, 2.75) is 184 Å². The molecule has 5 atom stereocenters. The molecular weight excluding hydrogens is 865 g/mol. The van der Waals surface area contributed by atoms with Gasteiger partial charge in [0.15, 0.2) is 0 Å². The van der Waals surface area contributed by atoms with E-state index in [1.165, 1.54) is 66.8 Å². The summed E-state index contributed by atoms with van der Waals surface area (Å²) in [6.07, 6.45) is 26.6. The van der Waals surface area contributed by atoms with Gasteiger partial charge in [-0.05, 0) is 176 Å². The van der Waals surface area contributed by atoms with Crippen LogP contribution in [-0.2, 0) is 21.7 Å². The van der Waals surface area contributed by atoms with Crippen molar-refractivity contribution in [3.8, 4) is 0 Å². The molecule has 374 valence electrons. The zero-order valence-corrected chi connectivity index (χ0v) is 47.7. The van der Waals surface area contributed by atoms with Crippen molar-refractivity contribution >= 4 is 16.7 Å². The summed E-state index contributed by atoms with van der Waals surface area (Å²) in [5.74, 6) is 1.36. The summed E-state index contributed by atoms with van der Waals surface area (Å²) in [6.45, 7) is 43.6. The maximum absolute atomic E-state index is 2.88. The molecule has 0 N–H and O–H groups in total. The van der Waals surface area contributed by atoms with E-state index in [-0.39, 0.29) is 56.2 Å². The van der Waals surface area contributed by atoms with Gasteiger partial charge < -0.3 is 0 Å². The monoisotopic (exact) mass is 951 g/mol. The second-order valence-corrected chi connectivity index (χ2v) is 29.5. The molecule has 0 aromatic heterocycles. The highest BCUT2D eigenvalue weighted by Gasteiger charge is 2.52. The molecule has 8 aliphatic rings. The lowest BCUT2D eigenvalue weighted by atomic mass is 9.57. The molecule has 0 bridgehead atoms. The minimum atomic E-state index is -0.0152. The van der Waals surface area contributed by atoms with Crippen LogP contribution in [0.3, 0.4) is 0 Å². The van der Waals surface area contributed by atoms with E-state index in [1.54, 1.807) is 50.2 Å². The minimum absolute atomic E-state index is 0.0111. The summed E-state index contributed by atoms with van der Waals surface area (Å²) in [5, 5.41) is 0. The van der Waals surface area contributed by atoms with E-state index in [0.717, 1.165) is 32.1 Å². The lowest BCUT2D eigenvalue weighted by Crippen LogP contribution is -2.33. The van der Waals surface area contributed by atoms with E-state index < -0.39 is 0 Å². The fourth-order valence-corrected chi connectivity index (χ4v) is 14.3. The van der Waals surface area contributed by atoms with Crippen LogP contribution in [0.15, 0.2) is 153 Å². The Morgan fingerprint density at radius 1 is 0.528 bits per heavy atom. The summed E-state index contributed by atoms with van der Waals surface area (Å²) in [5.41, 5.74) is 32.2. The van der Waals surface area contributed by atoms with E-state index in [4.69, 9.17) is 0 Å². The van der Waals surface area contributed by atoms with Gasteiger partial charge in [0, 0.05) is 29.6 Å². The smallest absolute Gasteiger partial charge is 0.0206 e. The molecule has 11 rings (SSSR count). The van der Waals surface area contributed by atoms with E-state index in [1.807, 2.05) is 0 Å². The first-order chi connectivity index (χ1) is 33.5. The van der Waals surface area contributed by atoms with E-state index in [0.29, 0.717) is 5.92 Å². The van der Waals surface area contributed by atoms with Crippen LogP contribution in [-0.4, -0.2) is 0 Å². The number of benzene rings is 3. The molecule has 0 radical (unpaired) electrons. The predicted octanol–water partition coefficient (Wildman–Crippen LogP) is 19.7. The molecule has 0 heterocycles. The van der Waals surface area contributed by atoms with Gasteiger partial charge >= 0.3 is 0 Å². The Hall–Kier alpha value is -4.94. The number of hydrogen-bond acceptors (Lipinski definition) is 0. The highest BCUT2D eigenvalue weighted by atomic mass is 14.5. The highest BCUT2D eigenvalue weighted by molar-refractivity contribution is 6.17. The fourth-order valence-electron chi connectivity index (χ4n) is 14.3. The zero-order valence-electron chi connectivity index (χ0n) is 47.7. The number of rotatable bonds is 3. The molecule has 0 spiro atoms. The zero-order chi connectivity index (χ0) is 51.6. The molecule has 0 nitrogen and oxygen atoms in total. The van der Waals surface area contributed by atoms with Crippen LogP contribution in [0, 0.1) is 34.5 Å². The first-order valence-corrected chi connectivity index (χ1v) is 28.1. The summed E-state index contributed by atoms with van der Waals surface area (Å²) < 4.78 is 0. The quantitative estimate of drug-likeness (QED) is 0.245. The van der Waals surface area contributed by atoms with Crippen LogP contribution < -0.4 is 0 Å². The SMILES string of the molecule is CC(C)(C)C1=CC(C2=C3C(=C(c4cc(C(C)(C)C)cc(C(C)(C)C)c4)C4C5=C6C(=CC24)C2=C(C=CCC2)C6CC=C5)C2=CCC(c4cc(C(C)(C)C)ccc4C(C)(C)C)c4cccc3c42)CC(C(C)(C)C)=C1. The largest absolute Gasteiger partial charge is 0.0839 e. The summed E-state index contributed by atoms with van der Waals surface area (Å²) in [7, 11) is 0. The van der Waals surface area contributed by atoms with Crippen LogP contribution in [0.4, 0.5) is 0 Å². The van der Waals surface area contributed by atoms with Crippen LogP contribution in [0.5, 0.6) is 0 Å². The van der Waals surface area contributed by atoms with Crippen LogP contribution in [0.25, 0.3) is 16.7 Å². The van der Waals surface area contributed by atoms with Gasteiger partial charge in [-0.15, -0.1) is 0 Å². The average Bonchev–Trinajstić information content (AvgIpc) is 3.80. The Morgan fingerprint density at radius 3 is 1.85 bits per heavy atom. The third-order valence-corrected chi connectivity index (χ3v) is 18.3. The number of hydrogen-bond donors (Lipinski definition) is 0. The molecule has 0 aliphatic heterocycles. The molecule has 0 saturated carbocycles. The predicted molar refractivity (Wildman–Crippen MR) is 310 cm³/mol. The van der Waals surface area contributed by atoms with Crippen molar-refractivity contribution in [1.29, 1.82) is 0 Å². The van der Waals surface area contributed by atoms with Gasteiger partial charge in [0.25, 0.3) is 0 Å². The summed E-state index contributed by atoms with van der Waals surface area (Å²) in [4.78, 5) is 0. The fraction of sp³-hybridized carbons (Fsp3) is 0.472. The second-order valence-electron chi connectivity index (χ2n) is 29.5. The van der Waals surface area contributed by atoms with Gasteiger partial charge in [-0.3, -0.25) is 0 Å². The lowest BCUT2D eigenvalue weighted by Gasteiger charge is -2.46. The molecule has 5 unspecified atom stereocenters. The molecule has 0 fully saturated rings. The Morgan fingerprint density at radius 2 is 1.21 bits per heavy atom. The molecule has 0 heteroatoms. The van der Waals surface area contributed by atoms with E-state index >= 15 is 0 Å². The third kappa shape index (κ3) is 7.88. The van der Waals surface area contributed by atoms with Crippen molar-refractivity contribution in [3.63, 3.8) is 0 Å². The van der Waals surface area contributed by atoms with Gasteiger partial charge in [-0.2, -0.15) is 0 Å². The minimum Gasteiger partial charge on any atom is -0.0839 e. The van der Waals surface area contributed by atoms with Crippen LogP contribution >= 0.6 is 0 Å². The topological polar surface area (TPSA) is 0 Å². The first-order valence-electron chi connectivity index (χ1n) is 28.1. The lowest BCUT2D eigenvalue weighted by molar-refractivity contribution is 0.433. The summed E-state index contributed by atoms with van der Waals surface area (Å²) in [6, 6.07) is 22.9. The standard InChI is InChI=1S/C72H86/c1-67(2,3)43-29-32-59(72(16,17)18)56(39-43)50-30-31-55-62-52(50)26-22-28-54(62)65-60(41-33-44(68(4,5)6)37-45(34-41)69(7,8)9)58-40-57-49-24-20-19-23-48(49)51-25-21-27-53(63(51)57)64(58)61(66(55)65)42-35-46(70(10,11)12)38-47(36-42)71(13,14)15/h19,21-23,26-29,31-33,35-41,50-51,58,64H,20,24-25,30,34H2,1-18H3. The Bertz CT molecular complexity index is 3150. The molecule has 8 aliphatic carbocycles. The molecule has 3 aromatic rings. The Kier molecular flexibility index (Phi) is 11.1.